The molecule has 3 aliphatic carbocycles. The van der Waals surface area contributed by atoms with Crippen molar-refractivity contribution in [1.29, 1.82) is 0 Å². The van der Waals surface area contributed by atoms with Crippen molar-refractivity contribution in [1.82, 2.24) is 0 Å². The minimum atomic E-state index is -0.491. The Bertz CT molecular complexity index is 484. The largest absolute Gasteiger partial charge is 0.462 e. The molecule has 0 aromatic heterocycles. The molecule has 4 nitrogen and oxygen atoms in total. The van der Waals surface area contributed by atoms with Crippen LogP contribution in [0, 0.1) is 23.2 Å². The zero-order valence-corrected chi connectivity index (χ0v) is 14.9. The molecule has 0 amide bonds. The molecule has 4 atom stereocenters. The third-order valence-corrected chi connectivity index (χ3v) is 5.93. The van der Waals surface area contributed by atoms with Gasteiger partial charge in [0.1, 0.15) is 11.7 Å². The highest BCUT2D eigenvalue weighted by molar-refractivity contribution is 5.76. The molecule has 3 aliphatic rings. The van der Waals surface area contributed by atoms with Crippen molar-refractivity contribution >= 4 is 11.9 Å². The number of ether oxygens (including phenoxy) is 2. The maximum Gasteiger partial charge on any atom is 0.311 e. The van der Waals surface area contributed by atoms with E-state index in [1.54, 1.807) is 0 Å². The Hall–Kier alpha value is -1.06. The number of hydrogen-bond acceptors (Lipinski definition) is 4. The summed E-state index contributed by atoms with van der Waals surface area (Å²) in [7, 11) is 0. The quantitative estimate of drug-likeness (QED) is 0.740. The first-order valence-electron chi connectivity index (χ1n) is 9.12. The zero-order chi connectivity index (χ0) is 16.8. The molecule has 3 fully saturated rings. The lowest BCUT2D eigenvalue weighted by Gasteiger charge is -2.32. The molecule has 23 heavy (non-hydrogen) atoms. The van der Waals surface area contributed by atoms with Crippen LogP contribution in [0.1, 0.15) is 72.6 Å². The SMILES string of the molecule is CC1(OC(=O)C2CC3CC(OC(=O)C(C)(C)C)C2C3)CCCC1. The van der Waals surface area contributed by atoms with Gasteiger partial charge in [0.05, 0.1) is 11.3 Å². The van der Waals surface area contributed by atoms with Gasteiger partial charge in [0.25, 0.3) is 0 Å². The molecule has 0 saturated heterocycles. The van der Waals surface area contributed by atoms with Crippen LogP contribution >= 0.6 is 0 Å². The van der Waals surface area contributed by atoms with Crippen molar-refractivity contribution in [2.75, 3.05) is 0 Å². The Labute approximate surface area is 139 Å². The fourth-order valence-corrected chi connectivity index (χ4v) is 4.55. The first-order valence-corrected chi connectivity index (χ1v) is 9.12. The number of carbonyl (C=O) groups is 2. The minimum Gasteiger partial charge on any atom is -0.462 e. The second kappa shape index (κ2) is 5.78. The summed E-state index contributed by atoms with van der Waals surface area (Å²) in [6.07, 6.45) is 6.95. The predicted molar refractivity (Wildman–Crippen MR) is 86.6 cm³/mol. The Morgan fingerprint density at radius 2 is 1.70 bits per heavy atom. The van der Waals surface area contributed by atoms with Crippen molar-refractivity contribution in [3.63, 3.8) is 0 Å². The molecule has 0 aromatic rings. The summed E-state index contributed by atoms with van der Waals surface area (Å²) in [5.74, 6) is 0.364. The topological polar surface area (TPSA) is 52.6 Å². The lowest BCUT2D eigenvalue weighted by atomic mass is 9.86. The van der Waals surface area contributed by atoms with Gasteiger partial charge >= 0.3 is 11.9 Å². The van der Waals surface area contributed by atoms with Gasteiger partial charge in [-0.15, -0.1) is 0 Å². The molecule has 0 aliphatic heterocycles. The van der Waals surface area contributed by atoms with Gasteiger partial charge in [0.15, 0.2) is 0 Å². The van der Waals surface area contributed by atoms with E-state index >= 15 is 0 Å². The lowest BCUT2D eigenvalue weighted by Crippen LogP contribution is -2.39. The Morgan fingerprint density at radius 1 is 1.04 bits per heavy atom. The molecule has 0 heterocycles. The van der Waals surface area contributed by atoms with Gasteiger partial charge in [-0.25, -0.2) is 0 Å². The van der Waals surface area contributed by atoms with Crippen LogP contribution < -0.4 is 0 Å². The van der Waals surface area contributed by atoms with Gasteiger partial charge in [-0.3, -0.25) is 9.59 Å². The van der Waals surface area contributed by atoms with Crippen LogP contribution in [0.25, 0.3) is 0 Å². The van der Waals surface area contributed by atoms with Crippen molar-refractivity contribution in [3.05, 3.63) is 0 Å². The predicted octanol–water partition coefficient (Wildman–Crippen LogP) is 3.87. The summed E-state index contributed by atoms with van der Waals surface area (Å²) >= 11 is 0. The first-order chi connectivity index (χ1) is 10.7. The molecule has 0 radical (unpaired) electrons. The van der Waals surface area contributed by atoms with E-state index in [1.807, 2.05) is 20.8 Å². The minimum absolute atomic E-state index is 0.0570. The molecule has 0 N–H and O–H groups in total. The third kappa shape index (κ3) is 3.41. The summed E-state index contributed by atoms with van der Waals surface area (Å²) in [5.41, 5.74) is -0.758. The van der Waals surface area contributed by atoms with Gasteiger partial charge in [-0.1, -0.05) is 0 Å². The lowest BCUT2D eigenvalue weighted by molar-refractivity contribution is -0.173. The number of fused-ring (bicyclic) bond motifs is 2. The highest BCUT2D eigenvalue weighted by atomic mass is 16.6. The fraction of sp³-hybridized carbons (Fsp3) is 0.895. The van der Waals surface area contributed by atoms with Crippen LogP contribution in [0.3, 0.4) is 0 Å². The van der Waals surface area contributed by atoms with E-state index in [-0.39, 0.29) is 35.5 Å². The number of rotatable bonds is 3. The van der Waals surface area contributed by atoms with Crippen LogP contribution in [-0.4, -0.2) is 23.6 Å². The van der Waals surface area contributed by atoms with Gasteiger partial charge in [0.2, 0.25) is 0 Å². The van der Waals surface area contributed by atoms with Crippen LogP contribution in [-0.2, 0) is 19.1 Å². The summed E-state index contributed by atoms with van der Waals surface area (Å²) < 4.78 is 11.6. The maximum atomic E-state index is 12.7. The van der Waals surface area contributed by atoms with Gasteiger partial charge in [-0.2, -0.15) is 0 Å². The van der Waals surface area contributed by atoms with Crippen LogP contribution in [0.15, 0.2) is 0 Å². The zero-order valence-electron chi connectivity index (χ0n) is 14.9. The number of hydrogen-bond donors (Lipinski definition) is 0. The Balaban J connectivity index is 1.61. The Morgan fingerprint density at radius 3 is 2.26 bits per heavy atom. The standard InChI is InChI=1S/C19H30O4/c1-18(2,3)17(21)22-15-11-12-9-13(15)14(10-12)16(20)23-19(4)7-5-6-8-19/h12-15H,5-11H2,1-4H3. The number of carbonyl (C=O) groups excluding carboxylic acids is 2. The van der Waals surface area contributed by atoms with E-state index in [0.717, 1.165) is 44.9 Å². The third-order valence-electron chi connectivity index (χ3n) is 5.93. The normalized spacial score (nSPS) is 35.3. The van der Waals surface area contributed by atoms with Gasteiger partial charge in [0, 0.05) is 5.92 Å². The van der Waals surface area contributed by atoms with Crippen molar-refractivity contribution in [2.45, 2.75) is 84.3 Å². The van der Waals surface area contributed by atoms with E-state index in [2.05, 4.69) is 6.92 Å². The molecule has 3 saturated carbocycles. The maximum absolute atomic E-state index is 12.7. The average molecular weight is 322 g/mol. The van der Waals surface area contributed by atoms with E-state index < -0.39 is 5.41 Å². The molecular weight excluding hydrogens is 292 g/mol. The van der Waals surface area contributed by atoms with Crippen molar-refractivity contribution in [2.24, 2.45) is 23.2 Å². The van der Waals surface area contributed by atoms with Crippen molar-refractivity contribution < 1.29 is 19.1 Å². The first kappa shape index (κ1) is 16.8. The molecule has 0 spiro atoms. The van der Waals surface area contributed by atoms with Crippen molar-refractivity contribution in [3.8, 4) is 0 Å². The molecular formula is C19H30O4. The second-order valence-corrected chi connectivity index (χ2v) is 9.12. The molecule has 4 heteroatoms. The fourth-order valence-electron chi connectivity index (χ4n) is 4.55. The van der Waals surface area contributed by atoms with E-state index in [0.29, 0.717) is 5.92 Å². The summed E-state index contributed by atoms with van der Waals surface area (Å²) in [6, 6.07) is 0. The van der Waals surface area contributed by atoms with E-state index in [9.17, 15) is 9.59 Å². The Kier molecular flexibility index (Phi) is 4.22. The molecule has 0 aromatic carbocycles. The van der Waals surface area contributed by atoms with Gasteiger partial charge < -0.3 is 9.47 Å². The molecule has 3 rings (SSSR count). The highest BCUT2D eigenvalue weighted by Crippen LogP contribution is 2.51. The van der Waals surface area contributed by atoms with E-state index in [1.165, 1.54) is 0 Å². The monoisotopic (exact) mass is 322 g/mol. The molecule has 4 unspecified atom stereocenters. The molecule has 130 valence electrons. The molecule has 2 bridgehead atoms. The summed E-state index contributed by atoms with van der Waals surface area (Å²) in [4.78, 5) is 24.8. The summed E-state index contributed by atoms with van der Waals surface area (Å²) in [5, 5.41) is 0. The highest BCUT2D eigenvalue weighted by Gasteiger charge is 2.52. The average Bonchev–Trinajstić information content (AvgIpc) is 3.12. The second-order valence-electron chi connectivity index (χ2n) is 9.12. The van der Waals surface area contributed by atoms with Crippen LogP contribution in [0.4, 0.5) is 0 Å². The number of esters is 2. The van der Waals surface area contributed by atoms with Gasteiger partial charge in [-0.05, 0) is 78.6 Å². The summed E-state index contributed by atoms with van der Waals surface area (Å²) in [6.45, 7) is 7.67. The van der Waals surface area contributed by atoms with E-state index in [4.69, 9.17) is 9.47 Å². The van der Waals surface area contributed by atoms with Crippen LogP contribution in [0.2, 0.25) is 0 Å². The van der Waals surface area contributed by atoms with Crippen LogP contribution in [0.5, 0.6) is 0 Å². The smallest absolute Gasteiger partial charge is 0.311 e.